The Kier molecular flexibility index (Phi) is 6.98. The first-order valence-electron chi connectivity index (χ1n) is 8.27. The zero-order valence-electron chi connectivity index (χ0n) is 15.3. The molecule has 0 spiro atoms. The fourth-order valence-corrected chi connectivity index (χ4v) is 4.88. The molecule has 0 aliphatic rings. The van der Waals surface area contributed by atoms with Crippen molar-refractivity contribution in [1.29, 1.82) is 0 Å². The van der Waals surface area contributed by atoms with Crippen molar-refractivity contribution in [3.8, 4) is 0 Å². The maximum Gasteiger partial charge on any atom is 0.195 e. The summed E-state index contributed by atoms with van der Waals surface area (Å²) in [6.07, 6.45) is 4.08. The van der Waals surface area contributed by atoms with E-state index in [1.54, 1.807) is 18.2 Å². The lowest BCUT2D eigenvalue weighted by molar-refractivity contribution is 0.186. The lowest BCUT2D eigenvalue weighted by Gasteiger charge is -2.38. The molecule has 0 fully saturated rings. The van der Waals surface area contributed by atoms with E-state index in [4.69, 9.17) is 4.43 Å². The second-order valence-electron chi connectivity index (χ2n) is 7.67. The fraction of sp³-hybridized carbons (Fsp3) is 0.706. The molecule has 0 saturated heterocycles. The van der Waals surface area contributed by atoms with Gasteiger partial charge in [-0.3, -0.25) is 0 Å². The van der Waals surface area contributed by atoms with Crippen molar-refractivity contribution < 1.29 is 12.8 Å². The molecule has 6 heteroatoms. The molecule has 1 aromatic rings. The van der Waals surface area contributed by atoms with E-state index in [0.29, 0.717) is 6.42 Å². The number of unbranched alkanes of at least 4 members (excludes halogenated alkanes) is 1. The number of pyridine rings is 1. The van der Waals surface area contributed by atoms with Crippen LogP contribution in [-0.4, -0.2) is 33.6 Å². The Morgan fingerprint density at radius 1 is 1.22 bits per heavy atom. The van der Waals surface area contributed by atoms with Crippen molar-refractivity contribution in [3.63, 3.8) is 0 Å². The summed E-state index contributed by atoms with van der Waals surface area (Å²) in [6.45, 7) is 13.3. The number of hydrogen-bond donors (Lipinski definition) is 0. The van der Waals surface area contributed by atoms with Crippen LogP contribution in [0.3, 0.4) is 0 Å². The molecule has 0 amide bonds. The number of sulfone groups is 1. The molecule has 23 heavy (non-hydrogen) atoms. The molecule has 1 atom stereocenters. The minimum atomic E-state index is -3.26. The molecule has 1 heterocycles. The smallest absolute Gasteiger partial charge is 0.195 e. The van der Waals surface area contributed by atoms with Crippen LogP contribution in [0.4, 0.5) is 0 Å². The molecule has 1 rings (SSSR count). The Hall–Kier alpha value is -0.723. The minimum Gasteiger partial charge on any atom is -0.414 e. The van der Waals surface area contributed by atoms with Crippen molar-refractivity contribution in [1.82, 2.24) is 4.98 Å². The Morgan fingerprint density at radius 2 is 1.87 bits per heavy atom. The number of nitrogens with zero attached hydrogens (tertiary/aromatic N) is 1. The van der Waals surface area contributed by atoms with Gasteiger partial charge in [0.15, 0.2) is 23.2 Å². The van der Waals surface area contributed by atoms with Gasteiger partial charge in [0.2, 0.25) is 0 Å². The highest BCUT2D eigenvalue weighted by Crippen LogP contribution is 2.37. The number of rotatable bonds is 8. The molecule has 132 valence electrons. The summed E-state index contributed by atoms with van der Waals surface area (Å²) < 4.78 is 30.6. The first kappa shape index (κ1) is 20.3. The van der Waals surface area contributed by atoms with Gasteiger partial charge in [-0.05, 0) is 56.5 Å². The molecule has 4 nitrogen and oxygen atoms in total. The molecule has 0 aliphatic heterocycles. The van der Waals surface area contributed by atoms with Gasteiger partial charge in [0.1, 0.15) is 0 Å². The number of aromatic nitrogens is 1. The standard InChI is InChI=1S/C17H31NO3SSi/c1-15(21-23(5,6)17(2,3)4)11-8-10-14-22(19,20)16-12-7-9-13-18-16/h7,9,12-13,15H,8,10-11,14H2,1-6H3/t15-/m0/s1. The Balaban J connectivity index is 2.40. The lowest BCUT2D eigenvalue weighted by Crippen LogP contribution is -2.43. The van der Waals surface area contributed by atoms with Gasteiger partial charge in [-0.25, -0.2) is 13.4 Å². The summed E-state index contributed by atoms with van der Waals surface area (Å²) in [7, 11) is -5.01. The predicted octanol–water partition coefficient (Wildman–Crippen LogP) is 4.44. The zero-order valence-corrected chi connectivity index (χ0v) is 17.1. The van der Waals surface area contributed by atoms with Crippen LogP contribution in [-0.2, 0) is 14.3 Å². The average molecular weight is 358 g/mol. The van der Waals surface area contributed by atoms with Crippen molar-refractivity contribution in [2.75, 3.05) is 5.75 Å². The van der Waals surface area contributed by atoms with E-state index in [9.17, 15) is 8.42 Å². The van der Waals surface area contributed by atoms with E-state index < -0.39 is 18.2 Å². The maximum absolute atomic E-state index is 12.2. The van der Waals surface area contributed by atoms with Gasteiger partial charge >= 0.3 is 0 Å². The van der Waals surface area contributed by atoms with Gasteiger partial charge in [0.25, 0.3) is 0 Å². The molecular formula is C17H31NO3SSi. The van der Waals surface area contributed by atoms with Crippen LogP contribution < -0.4 is 0 Å². The largest absolute Gasteiger partial charge is 0.414 e. The summed E-state index contributed by atoms with van der Waals surface area (Å²) in [6, 6.07) is 4.98. The van der Waals surface area contributed by atoms with E-state index in [1.165, 1.54) is 6.20 Å². The third-order valence-electron chi connectivity index (χ3n) is 4.53. The van der Waals surface area contributed by atoms with Crippen molar-refractivity contribution >= 4 is 18.2 Å². The van der Waals surface area contributed by atoms with Crippen molar-refractivity contribution in [2.45, 2.75) is 76.2 Å². The molecular weight excluding hydrogens is 326 g/mol. The van der Waals surface area contributed by atoms with Gasteiger partial charge in [-0.2, -0.15) is 0 Å². The van der Waals surface area contributed by atoms with E-state index in [0.717, 1.165) is 12.8 Å². The summed E-state index contributed by atoms with van der Waals surface area (Å²) in [5, 5.41) is 0.370. The monoisotopic (exact) mass is 357 g/mol. The van der Waals surface area contributed by atoms with E-state index in [2.05, 4.69) is 45.8 Å². The first-order valence-corrected chi connectivity index (χ1v) is 12.8. The fourth-order valence-electron chi connectivity index (χ4n) is 2.10. The number of hydrogen-bond acceptors (Lipinski definition) is 4. The van der Waals surface area contributed by atoms with Crippen LogP contribution in [0.1, 0.15) is 47.0 Å². The summed E-state index contributed by atoms with van der Waals surface area (Å²) in [5.41, 5.74) is 0. The lowest BCUT2D eigenvalue weighted by atomic mass is 10.2. The topological polar surface area (TPSA) is 56.3 Å². The molecule has 0 N–H and O–H groups in total. The summed E-state index contributed by atoms with van der Waals surface area (Å²) in [4.78, 5) is 3.93. The SMILES string of the molecule is C[C@@H](CCCCS(=O)(=O)c1ccccn1)O[Si](C)(C)C(C)(C)C. The normalized spacial score (nSPS) is 14.7. The molecule has 0 bridgehead atoms. The van der Waals surface area contributed by atoms with Gasteiger partial charge in [0, 0.05) is 12.3 Å². The van der Waals surface area contributed by atoms with E-state index >= 15 is 0 Å². The van der Waals surface area contributed by atoms with Crippen molar-refractivity contribution in [3.05, 3.63) is 24.4 Å². The molecule has 0 unspecified atom stereocenters. The summed E-state index contributed by atoms with van der Waals surface area (Å²) in [5.74, 6) is 0.150. The third-order valence-corrected chi connectivity index (χ3v) is 10.8. The molecule has 0 aromatic carbocycles. The van der Waals surface area contributed by atoms with Gasteiger partial charge in [0.05, 0.1) is 5.75 Å². The molecule has 0 radical (unpaired) electrons. The quantitative estimate of drug-likeness (QED) is 0.510. The van der Waals surface area contributed by atoms with E-state index in [-0.39, 0.29) is 21.9 Å². The van der Waals surface area contributed by atoms with Crippen LogP contribution in [0.15, 0.2) is 29.4 Å². The van der Waals surface area contributed by atoms with Gasteiger partial charge in [-0.15, -0.1) is 0 Å². The second-order valence-corrected chi connectivity index (χ2v) is 14.5. The van der Waals surface area contributed by atoms with Crippen LogP contribution in [0, 0.1) is 0 Å². The third kappa shape index (κ3) is 6.35. The minimum absolute atomic E-state index is 0.150. The van der Waals surface area contributed by atoms with Crippen LogP contribution in [0.5, 0.6) is 0 Å². The highest BCUT2D eigenvalue weighted by molar-refractivity contribution is 7.91. The Bertz CT molecular complexity index is 580. The average Bonchev–Trinajstić information content (AvgIpc) is 2.43. The highest BCUT2D eigenvalue weighted by Gasteiger charge is 2.38. The maximum atomic E-state index is 12.2. The van der Waals surface area contributed by atoms with Gasteiger partial charge < -0.3 is 4.43 Å². The van der Waals surface area contributed by atoms with Crippen LogP contribution in [0.25, 0.3) is 0 Å². The van der Waals surface area contributed by atoms with Crippen molar-refractivity contribution in [2.24, 2.45) is 0 Å². The summed E-state index contributed by atoms with van der Waals surface area (Å²) >= 11 is 0. The molecule has 0 aliphatic carbocycles. The Labute approximate surface area is 142 Å². The van der Waals surface area contributed by atoms with Crippen LogP contribution >= 0.6 is 0 Å². The Morgan fingerprint density at radius 3 is 2.39 bits per heavy atom. The van der Waals surface area contributed by atoms with Gasteiger partial charge in [-0.1, -0.05) is 26.8 Å². The highest BCUT2D eigenvalue weighted by atomic mass is 32.2. The zero-order chi connectivity index (χ0) is 17.7. The second kappa shape index (κ2) is 7.90. The predicted molar refractivity (Wildman–Crippen MR) is 97.9 cm³/mol. The van der Waals surface area contributed by atoms with Crippen LogP contribution in [0.2, 0.25) is 18.1 Å². The first-order chi connectivity index (χ1) is 10.5. The molecule has 1 aromatic heterocycles. The molecule has 0 saturated carbocycles. The van der Waals surface area contributed by atoms with E-state index in [1.807, 2.05) is 0 Å².